The summed E-state index contributed by atoms with van der Waals surface area (Å²) in [6.45, 7) is 5.57. The second-order valence-corrected chi connectivity index (χ2v) is 5.03. The molecule has 0 bridgehead atoms. The Kier molecular flexibility index (Phi) is 7.07. The van der Waals surface area contributed by atoms with Crippen molar-refractivity contribution < 1.29 is 9.53 Å². The third kappa shape index (κ3) is 4.39. The van der Waals surface area contributed by atoms with Gasteiger partial charge in [-0.3, -0.25) is 9.89 Å². The minimum atomic E-state index is -0.419. The van der Waals surface area contributed by atoms with E-state index in [2.05, 4.69) is 15.2 Å². The number of aromatic nitrogens is 3. The molecule has 1 aromatic heterocycles. The second kappa shape index (κ2) is 8.31. The topological polar surface area (TPSA) is 97.1 Å². The first-order valence-electron chi connectivity index (χ1n) is 7.22. The van der Waals surface area contributed by atoms with Crippen LogP contribution in [-0.2, 0) is 16.0 Å². The number of hydrogen-bond acceptors (Lipinski definition) is 5. The maximum absolute atomic E-state index is 12.2. The maximum Gasteiger partial charge on any atom is 0.239 e. The molecule has 120 valence electrons. The van der Waals surface area contributed by atoms with Crippen molar-refractivity contribution in [3.05, 3.63) is 11.6 Å². The summed E-state index contributed by atoms with van der Waals surface area (Å²) in [5, 5.41) is 7.03. The molecule has 2 heterocycles. The Morgan fingerprint density at radius 2 is 2.33 bits per heavy atom. The lowest BCUT2D eigenvalue weighted by atomic mass is 10.1. The number of rotatable bonds is 5. The second-order valence-electron chi connectivity index (χ2n) is 5.03. The lowest BCUT2D eigenvalue weighted by Gasteiger charge is -2.33. The molecule has 2 atom stereocenters. The van der Waals surface area contributed by atoms with Crippen LogP contribution in [0.15, 0.2) is 0 Å². The van der Waals surface area contributed by atoms with E-state index < -0.39 is 6.04 Å². The summed E-state index contributed by atoms with van der Waals surface area (Å²) in [7, 11) is 0. The van der Waals surface area contributed by atoms with Gasteiger partial charge in [-0.1, -0.05) is 20.3 Å². The first-order valence-corrected chi connectivity index (χ1v) is 7.22. The lowest BCUT2D eigenvalue weighted by Crippen LogP contribution is -2.49. The molecule has 1 aliphatic rings. The summed E-state index contributed by atoms with van der Waals surface area (Å²) in [6, 6.07) is -0.419. The molecular weight excluding hydrogens is 294 g/mol. The van der Waals surface area contributed by atoms with Crippen molar-refractivity contribution in [2.75, 3.05) is 19.7 Å². The first-order chi connectivity index (χ1) is 9.65. The number of nitrogens with one attached hydrogen (secondary N) is 1. The highest BCUT2D eigenvalue weighted by Crippen LogP contribution is 2.20. The molecule has 0 spiro atoms. The van der Waals surface area contributed by atoms with E-state index >= 15 is 0 Å². The highest BCUT2D eigenvalue weighted by atomic mass is 35.5. The number of ether oxygens (including phenoxy) is 1. The quantitative estimate of drug-likeness (QED) is 0.838. The van der Waals surface area contributed by atoms with Crippen molar-refractivity contribution in [2.24, 2.45) is 5.73 Å². The van der Waals surface area contributed by atoms with E-state index in [0.717, 1.165) is 18.7 Å². The average molecular weight is 318 g/mol. The molecule has 0 saturated carbocycles. The van der Waals surface area contributed by atoms with Crippen LogP contribution in [0.4, 0.5) is 0 Å². The van der Waals surface area contributed by atoms with Crippen LogP contribution < -0.4 is 5.73 Å². The Hall–Kier alpha value is -1.18. The molecule has 1 fully saturated rings. The number of halogens is 1. The molecule has 1 aromatic rings. The van der Waals surface area contributed by atoms with Gasteiger partial charge in [-0.2, -0.15) is 5.10 Å². The van der Waals surface area contributed by atoms with Gasteiger partial charge in [-0.15, -0.1) is 12.4 Å². The Bertz CT molecular complexity index is 454. The van der Waals surface area contributed by atoms with E-state index in [1.807, 2.05) is 13.8 Å². The number of H-pyrrole nitrogens is 1. The summed E-state index contributed by atoms with van der Waals surface area (Å²) in [4.78, 5) is 18.3. The number of hydrogen-bond donors (Lipinski definition) is 2. The highest BCUT2D eigenvalue weighted by Gasteiger charge is 2.30. The summed E-state index contributed by atoms with van der Waals surface area (Å²) in [6.07, 6.45) is 2.14. The number of aromatic amines is 1. The van der Waals surface area contributed by atoms with Crippen molar-refractivity contribution in [1.82, 2.24) is 20.1 Å². The molecule has 1 saturated heterocycles. The highest BCUT2D eigenvalue weighted by molar-refractivity contribution is 5.85. The SMILES string of the molecule is CCCC(N)C(=O)N1CCOC(c2n[nH]c(CC)n2)C1.Cl. The number of amides is 1. The van der Waals surface area contributed by atoms with E-state index in [1.165, 1.54) is 0 Å². The van der Waals surface area contributed by atoms with Crippen molar-refractivity contribution >= 4 is 18.3 Å². The van der Waals surface area contributed by atoms with Crippen molar-refractivity contribution in [1.29, 1.82) is 0 Å². The summed E-state index contributed by atoms with van der Waals surface area (Å²) < 4.78 is 5.66. The fourth-order valence-electron chi connectivity index (χ4n) is 2.29. The van der Waals surface area contributed by atoms with E-state index in [4.69, 9.17) is 10.5 Å². The van der Waals surface area contributed by atoms with Crippen LogP contribution in [0.2, 0.25) is 0 Å². The van der Waals surface area contributed by atoms with Gasteiger partial charge in [-0.25, -0.2) is 4.98 Å². The van der Waals surface area contributed by atoms with Gasteiger partial charge >= 0.3 is 0 Å². The molecule has 7 nitrogen and oxygen atoms in total. The zero-order valence-electron chi connectivity index (χ0n) is 12.5. The fourth-order valence-corrected chi connectivity index (χ4v) is 2.29. The van der Waals surface area contributed by atoms with Gasteiger partial charge in [0.2, 0.25) is 5.91 Å². The molecule has 8 heteroatoms. The standard InChI is InChI=1S/C13H23N5O2.ClH/c1-3-5-9(14)13(19)18-6-7-20-10(8-18)12-15-11(4-2)16-17-12;/h9-10H,3-8,14H2,1-2H3,(H,15,16,17);1H. The van der Waals surface area contributed by atoms with Crippen LogP contribution in [-0.4, -0.2) is 51.7 Å². The van der Waals surface area contributed by atoms with Crippen LogP contribution in [0, 0.1) is 0 Å². The third-order valence-corrected chi connectivity index (χ3v) is 3.47. The van der Waals surface area contributed by atoms with Crippen molar-refractivity contribution in [2.45, 2.75) is 45.3 Å². The minimum absolute atomic E-state index is 0. The molecule has 1 aliphatic heterocycles. The van der Waals surface area contributed by atoms with Gasteiger partial charge in [0, 0.05) is 13.0 Å². The average Bonchev–Trinajstić information content (AvgIpc) is 2.96. The smallest absolute Gasteiger partial charge is 0.239 e. The van der Waals surface area contributed by atoms with Gasteiger partial charge in [0.05, 0.1) is 19.2 Å². The Balaban J connectivity index is 0.00000220. The van der Waals surface area contributed by atoms with Crippen LogP contribution >= 0.6 is 12.4 Å². The summed E-state index contributed by atoms with van der Waals surface area (Å²) in [5.41, 5.74) is 5.90. The Labute approximate surface area is 131 Å². The van der Waals surface area contributed by atoms with Gasteiger partial charge in [0.25, 0.3) is 0 Å². The van der Waals surface area contributed by atoms with E-state index in [9.17, 15) is 4.79 Å². The zero-order valence-corrected chi connectivity index (χ0v) is 13.4. The first kappa shape index (κ1) is 17.9. The Morgan fingerprint density at radius 3 is 2.95 bits per heavy atom. The number of carbonyl (C=O) groups is 1. The predicted octanol–water partition coefficient (Wildman–Crippen LogP) is 0.816. The van der Waals surface area contributed by atoms with Crippen LogP contribution in [0.5, 0.6) is 0 Å². The number of carbonyl (C=O) groups excluding carboxylic acids is 1. The van der Waals surface area contributed by atoms with Gasteiger partial charge in [0.15, 0.2) is 5.82 Å². The molecule has 0 aliphatic carbocycles. The summed E-state index contributed by atoms with van der Waals surface area (Å²) >= 11 is 0. The largest absolute Gasteiger partial charge is 0.366 e. The van der Waals surface area contributed by atoms with Gasteiger partial charge in [-0.05, 0) is 6.42 Å². The normalized spacial score (nSPS) is 20.0. The van der Waals surface area contributed by atoms with Crippen LogP contribution in [0.3, 0.4) is 0 Å². The molecule has 2 unspecified atom stereocenters. The van der Waals surface area contributed by atoms with Gasteiger partial charge in [0.1, 0.15) is 11.9 Å². The minimum Gasteiger partial charge on any atom is -0.366 e. The van der Waals surface area contributed by atoms with Crippen molar-refractivity contribution in [3.8, 4) is 0 Å². The number of nitrogens with zero attached hydrogens (tertiary/aromatic N) is 3. The fraction of sp³-hybridized carbons (Fsp3) is 0.769. The number of morpholine rings is 1. The molecule has 3 N–H and O–H groups in total. The molecule has 0 radical (unpaired) electrons. The van der Waals surface area contributed by atoms with Gasteiger partial charge < -0.3 is 15.4 Å². The van der Waals surface area contributed by atoms with Crippen LogP contribution in [0.1, 0.15) is 44.4 Å². The molecule has 21 heavy (non-hydrogen) atoms. The molecular formula is C13H24ClN5O2. The number of aryl methyl sites for hydroxylation is 1. The molecule has 1 amide bonds. The molecule has 2 rings (SSSR count). The summed E-state index contributed by atoms with van der Waals surface area (Å²) in [5.74, 6) is 1.43. The van der Waals surface area contributed by atoms with E-state index in [1.54, 1.807) is 4.90 Å². The number of nitrogens with two attached hydrogens (primary N) is 1. The van der Waals surface area contributed by atoms with Crippen LogP contribution in [0.25, 0.3) is 0 Å². The van der Waals surface area contributed by atoms with E-state index in [0.29, 0.717) is 31.9 Å². The predicted molar refractivity (Wildman–Crippen MR) is 81.2 cm³/mol. The third-order valence-electron chi connectivity index (χ3n) is 3.47. The Morgan fingerprint density at radius 1 is 1.57 bits per heavy atom. The zero-order chi connectivity index (χ0) is 14.5. The molecule has 0 aromatic carbocycles. The van der Waals surface area contributed by atoms with E-state index in [-0.39, 0.29) is 24.4 Å². The lowest BCUT2D eigenvalue weighted by molar-refractivity contribution is -0.140. The van der Waals surface area contributed by atoms with Crippen molar-refractivity contribution in [3.63, 3.8) is 0 Å². The maximum atomic E-state index is 12.2. The monoisotopic (exact) mass is 317 g/mol.